The van der Waals surface area contributed by atoms with Crippen molar-refractivity contribution in [1.29, 1.82) is 0 Å². The molecule has 4 aliphatic carbocycles. The van der Waals surface area contributed by atoms with Crippen LogP contribution in [-0.4, -0.2) is 5.78 Å². The maximum Gasteiger partial charge on any atom is 0.155 e. The van der Waals surface area contributed by atoms with Gasteiger partial charge in [-0.15, -0.1) is 0 Å². The lowest BCUT2D eigenvalue weighted by Crippen LogP contribution is -2.47. The Bertz CT molecular complexity index is 587. The van der Waals surface area contributed by atoms with Gasteiger partial charge in [0.2, 0.25) is 0 Å². The monoisotopic (exact) mass is 370 g/mol. The smallest absolute Gasteiger partial charge is 0.155 e. The van der Waals surface area contributed by atoms with Gasteiger partial charge in [0, 0.05) is 6.42 Å². The van der Waals surface area contributed by atoms with E-state index in [1.165, 1.54) is 63.4 Å². The average Bonchev–Trinajstić information content (AvgIpc) is 2.98. The fourth-order valence-electron chi connectivity index (χ4n) is 8.21. The second kappa shape index (κ2) is 7.68. The van der Waals surface area contributed by atoms with Gasteiger partial charge in [-0.2, -0.15) is 0 Å². The SMILES string of the molecule is CC(C)CCC[C@@H](C)[C@H]1CC[C@H]2[C@@H]3CCC4=CC(=O)CC[C@@H]4[C@H]3CC[C@]12C. The number of fused-ring (bicyclic) bond motifs is 5. The Morgan fingerprint density at radius 1 is 1.00 bits per heavy atom. The molecule has 7 atom stereocenters. The minimum Gasteiger partial charge on any atom is -0.295 e. The van der Waals surface area contributed by atoms with Crippen LogP contribution in [0, 0.1) is 46.8 Å². The highest BCUT2D eigenvalue weighted by Gasteiger charge is 2.56. The number of rotatable bonds is 5. The molecule has 1 heteroatoms. The first-order valence-corrected chi connectivity index (χ1v) is 12.1. The molecular formula is C26H42O. The van der Waals surface area contributed by atoms with Gasteiger partial charge in [-0.25, -0.2) is 0 Å². The third-order valence-corrected chi connectivity index (χ3v) is 9.50. The normalized spacial score (nSPS) is 42.3. The fraction of sp³-hybridized carbons (Fsp3) is 0.885. The number of carbonyl (C=O) groups is 1. The zero-order valence-corrected chi connectivity index (χ0v) is 18.3. The highest BCUT2D eigenvalue weighted by molar-refractivity contribution is 5.91. The quantitative estimate of drug-likeness (QED) is 0.500. The molecule has 0 heterocycles. The van der Waals surface area contributed by atoms with Gasteiger partial charge < -0.3 is 0 Å². The lowest BCUT2D eigenvalue weighted by molar-refractivity contribution is -0.116. The maximum atomic E-state index is 11.9. The molecule has 1 nitrogen and oxygen atoms in total. The Balaban J connectivity index is 1.45. The van der Waals surface area contributed by atoms with Crippen molar-refractivity contribution in [2.75, 3.05) is 0 Å². The molecule has 0 aromatic carbocycles. The summed E-state index contributed by atoms with van der Waals surface area (Å²) in [5.41, 5.74) is 2.14. The second-order valence-electron chi connectivity index (χ2n) is 11.3. The van der Waals surface area contributed by atoms with E-state index in [9.17, 15) is 4.79 Å². The molecule has 0 saturated heterocycles. The first-order chi connectivity index (χ1) is 12.9. The van der Waals surface area contributed by atoms with E-state index >= 15 is 0 Å². The lowest BCUT2D eigenvalue weighted by Gasteiger charge is -2.54. The van der Waals surface area contributed by atoms with E-state index < -0.39 is 0 Å². The van der Waals surface area contributed by atoms with E-state index in [0.29, 0.717) is 11.2 Å². The van der Waals surface area contributed by atoms with Crippen LogP contribution in [0.5, 0.6) is 0 Å². The number of carbonyl (C=O) groups excluding carboxylic acids is 1. The third-order valence-electron chi connectivity index (χ3n) is 9.50. The van der Waals surface area contributed by atoms with Crippen molar-refractivity contribution in [3.8, 4) is 0 Å². The first kappa shape index (κ1) is 19.7. The molecule has 0 bridgehead atoms. The largest absolute Gasteiger partial charge is 0.295 e. The minimum absolute atomic E-state index is 0.400. The zero-order chi connectivity index (χ0) is 19.2. The Morgan fingerprint density at radius 3 is 2.59 bits per heavy atom. The Labute approximate surface area is 167 Å². The van der Waals surface area contributed by atoms with Gasteiger partial charge in [0.25, 0.3) is 0 Å². The van der Waals surface area contributed by atoms with E-state index in [1.807, 2.05) is 6.08 Å². The highest BCUT2D eigenvalue weighted by atomic mass is 16.1. The van der Waals surface area contributed by atoms with Crippen LogP contribution in [0.25, 0.3) is 0 Å². The van der Waals surface area contributed by atoms with Crippen LogP contribution >= 0.6 is 0 Å². The predicted octanol–water partition coefficient (Wildman–Crippen LogP) is 7.21. The summed E-state index contributed by atoms with van der Waals surface area (Å²) in [5.74, 6) is 6.68. The molecule has 0 N–H and O–H groups in total. The van der Waals surface area contributed by atoms with Gasteiger partial charge in [0.05, 0.1) is 0 Å². The summed E-state index contributed by atoms with van der Waals surface area (Å²) in [6.45, 7) is 9.98. The summed E-state index contributed by atoms with van der Waals surface area (Å²) in [4.78, 5) is 11.9. The minimum atomic E-state index is 0.400. The van der Waals surface area contributed by atoms with Crippen molar-refractivity contribution in [3.63, 3.8) is 0 Å². The third kappa shape index (κ3) is 3.58. The average molecular weight is 371 g/mol. The number of hydrogen-bond acceptors (Lipinski definition) is 1. The van der Waals surface area contributed by atoms with Crippen LogP contribution in [0.1, 0.15) is 98.3 Å². The molecule has 152 valence electrons. The molecular weight excluding hydrogens is 328 g/mol. The van der Waals surface area contributed by atoms with Crippen LogP contribution in [0.4, 0.5) is 0 Å². The van der Waals surface area contributed by atoms with Crippen LogP contribution in [0.2, 0.25) is 0 Å². The zero-order valence-electron chi connectivity index (χ0n) is 18.3. The standard InChI is InChI=1S/C26H42O/c1-17(2)6-5-7-18(3)24-12-13-25-23-10-8-19-16-20(27)9-11-21(19)22(23)14-15-26(24,25)4/h16-18,21-25H,5-15H2,1-4H3/t18-,21+,22-,23-,24-,25+,26-/m1/s1. The number of allylic oxidation sites excluding steroid dienone is 1. The van der Waals surface area contributed by atoms with Crippen LogP contribution < -0.4 is 0 Å². The van der Waals surface area contributed by atoms with Crippen molar-refractivity contribution < 1.29 is 4.79 Å². The summed E-state index contributed by atoms with van der Waals surface area (Å²) in [6.07, 6.45) is 16.7. The molecule has 3 fully saturated rings. The molecule has 4 rings (SSSR count). The van der Waals surface area contributed by atoms with E-state index in [2.05, 4.69) is 27.7 Å². The molecule has 0 aliphatic heterocycles. The van der Waals surface area contributed by atoms with Gasteiger partial charge in [-0.1, -0.05) is 52.5 Å². The summed E-state index contributed by atoms with van der Waals surface area (Å²) in [5, 5.41) is 0. The Hall–Kier alpha value is -0.590. The van der Waals surface area contributed by atoms with Gasteiger partial charge in [0.1, 0.15) is 0 Å². The van der Waals surface area contributed by atoms with Gasteiger partial charge in [0.15, 0.2) is 5.78 Å². The van der Waals surface area contributed by atoms with Crippen LogP contribution in [-0.2, 0) is 4.79 Å². The predicted molar refractivity (Wildman–Crippen MR) is 113 cm³/mol. The number of hydrogen-bond donors (Lipinski definition) is 0. The Morgan fingerprint density at radius 2 is 1.81 bits per heavy atom. The van der Waals surface area contributed by atoms with E-state index in [0.717, 1.165) is 54.3 Å². The molecule has 0 aromatic heterocycles. The van der Waals surface area contributed by atoms with Crippen LogP contribution in [0.3, 0.4) is 0 Å². The topological polar surface area (TPSA) is 17.1 Å². The molecule has 0 radical (unpaired) electrons. The summed E-state index contributed by atoms with van der Waals surface area (Å²) in [7, 11) is 0. The lowest BCUT2D eigenvalue weighted by atomic mass is 9.50. The fourth-order valence-corrected chi connectivity index (χ4v) is 8.21. The highest BCUT2D eigenvalue weighted by Crippen LogP contribution is 2.65. The van der Waals surface area contributed by atoms with Gasteiger partial charge in [-0.3, -0.25) is 4.79 Å². The summed E-state index contributed by atoms with van der Waals surface area (Å²) < 4.78 is 0. The molecule has 0 unspecified atom stereocenters. The summed E-state index contributed by atoms with van der Waals surface area (Å²) >= 11 is 0. The van der Waals surface area contributed by atoms with Gasteiger partial charge in [-0.05, 0) is 97.9 Å². The second-order valence-corrected chi connectivity index (χ2v) is 11.3. The number of ketones is 1. The van der Waals surface area contributed by atoms with Crippen molar-refractivity contribution in [3.05, 3.63) is 11.6 Å². The molecule has 0 aromatic rings. The van der Waals surface area contributed by atoms with Gasteiger partial charge >= 0.3 is 0 Å². The first-order valence-electron chi connectivity index (χ1n) is 12.1. The van der Waals surface area contributed by atoms with E-state index in [1.54, 1.807) is 0 Å². The van der Waals surface area contributed by atoms with E-state index in [4.69, 9.17) is 0 Å². The van der Waals surface area contributed by atoms with Crippen molar-refractivity contribution in [2.45, 2.75) is 98.3 Å². The van der Waals surface area contributed by atoms with Crippen molar-refractivity contribution in [1.82, 2.24) is 0 Å². The molecule has 3 saturated carbocycles. The van der Waals surface area contributed by atoms with Crippen molar-refractivity contribution in [2.24, 2.45) is 46.8 Å². The maximum absolute atomic E-state index is 11.9. The molecule has 0 spiro atoms. The molecule has 0 amide bonds. The van der Waals surface area contributed by atoms with Crippen LogP contribution in [0.15, 0.2) is 11.6 Å². The Kier molecular flexibility index (Phi) is 5.61. The van der Waals surface area contributed by atoms with E-state index in [-0.39, 0.29) is 0 Å². The molecule has 27 heavy (non-hydrogen) atoms. The molecule has 4 aliphatic rings. The van der Waals surface area contributed by atoms with Crippen molar-refractivity contribution >= 4 is 5.78 Å². The summed E-state index contributed by atoms with van der Waals surface area (Å²) in [6, 6.07) is 0.